The Labute approximate surface area is 244 Å². The number of nitrogens with zero attached hydrogens (tertiary/aromatic N) is 1. The molecule has 208 valence electrons. The Morgan fingerprint density at radius 2 is 1.57 bits per heavy atom. The second-order valence-corrected chi connectivity index (χ2v) is 11.3. The van der Waals surface area contributed by atoms with E-state index in [-0.39, 0.29) is 17.5 Å². The Kier molecular flexibility index (Phi) is 5.91. The first-order chi connectivity index (χ1) is 20.4. The number of rotatable bonds is 5. The van der Waals surface area contributed by atoms with Crippen molar-refractivity contribution in [3.05, 3.63) is 131 Å². The molecule has 3 aliphatic heterocycles. The van der Waals surface area contributed by atoms with E-state index < -0.39 is 23.4 Å². The number of carbonyl (C=O) groups excluding carboxylic acids is 3. The maximum atomic E-state index is 14.8. The van der Waals surface area contributed by atoms with Gasteiger partial charge in [-0.2, -0.15) is 0 Å². The lowest BCUT2D eigenvalue weighted by atomic mass is 9.64. The van der Waals surface area contributed by atoms with Crippen LogP contribution >= 0.6 is 0 Å². The minimum Gasteiger partial charge on any atom is -0.497 e. The molecule has 1 N–H and O–H groups in total. The first-order valence-corrected chi connectivity index (χ1v) is 14.1. The van der Waals surface area contributed by atoms with Crippen LogP contribution in [-0.4, -0.2) is 36.7 Å². The Morgan fingerprint density at radius 1 is 0.833 bits per heavy atom. The van der Waals surface area contributed by atoms with Gasteiger partial charge in [0.15, 0.2) is 11.6 Å². The van der Waals surface area contributed by atoms with Gasteiger partial charge < -0.3 is 15.0 Å². The number of hydrogen-bond acceptors (Lipinski definition) is 5. The zero-order valence-corrected chi connectivity index (χ0v) is 23.6. The monoisotopic (exact) mass is 554 g/mol. The van der Waals surface area contributed by atoms with Crippen molar-refractivity contribution in [2.24, 2.45) is 5.92 Å². The van der Waals surface area contributed by atoms with Crippen molar-refractivity contribution in [3.63, 3.8) is 0 Å². The minimum atomic E-state index is -1.34. The van der Waals surface area contributed by atoms with Crippen LogP contribution in [0.5, 0.6) is 5.75 Å². The van der Waals surface area contributed by atoms with E-state index >= 15 is 0 Å². The highest BCUT2D eigenvalue weighted by atomic mass is 16.5. The molecule has 0 aromatic heterocycles. The van der Waals surface area contributed by atoms with E-state index in [4.69, 9.17) is 4.74 Å². The standard InChI is InChI=1S/C36H30N2O4/c1-21-16-17-29-26(18-21)22(2)19-30-36(27-14-7-8-15-28(27)37-35(36)41)31(33(39)23-10-5-4-6-11-23)32(38(29)30)34(40)24-12-9-13-25(20-24)42-3/h4-20,30-32H,1-3H3,(H,37,41)/t30-,31-,32-,36-/m0/s1. The highest BCUT2D eigenvalue weighted by Crippen LogP contribution is 2.59. The summed E-state index contributed by atoms with van der Waals surface area (Å²) in [5.41, 5.74) is 4.88. The number of hydrogen-bond donors (Lipinski definition) is 1. The molecule has 3 aliphatic rings. The third kappa shape index (κ3) is 3.54. The molecule has 1 amide bonds. The summed E-state index contributed by atoms with van der Waals surface area (Å²) >= 11 is 0. The van der Waals surface area contributed by atoms with Gasteiger partial charge in [-0.05, 0) is 55.3 Å². The largest absolute Gasteiger partial charge is 0.497 e. The van der Waals surface area contributed by atoms with E-state index in [0.717, 1.165) is 28.0 Å². The van der Waals surface area contributed by atoms with Crippen LogP contribution in [0.4, 0.5) is 11.4 Å². The summed E-state index contributed by atoms with van der Waals surface area (Å²) in [5.74, 6) is -1.21. The third-order valence-corrected chi connectivity index (χ3v) is 9.10. The highest BCUT2D eigenvalue weighted by Gasteiger charge is 2.70. The van der Waals surface area contributed by atoms with Gasteiger partial charge in [0.2, 0.25) is 5.91 Å². The summed E-state index contributed by atoms with van der Waals surface area (Å²) in [6, 6.07) is 28.2. The van der Waals surface area contributed by atoms with Gasteiger partial charge in [-0.25, -0.2) is 0 Å². The Bertz CT molecular complexity index is 1810. The molecule has 1 saturated heterocycles. The van der Waals surface area contributed by atoms with Crippen LogP contribution in [0.15, 0.2) is 103 Å². The SMILES string of the molecule is COc1cccc(C(=O)[C@@H]2[C@@H](C(=O)c3ccccc3)[C@@]3(C(=O)Nc4ccccc43)[C@@H]3C=C(C)c4cc(C)ccc4N23)c1. The molecule has 0 bridgehead atoms. The third-order valence-electron chi connectivity index (χ3n) is 9.10. The van der Waals surface area contributed by atoms with Gasteiger partial charge in [-0.1, -0.05) is 78.4 Å². The molecule has 1 spiro atoms. The fourth-order valence-corrected chi connectivity index (χ4v) is 7.28. The normalized spacial score (nSPS) is 23.5. The summed E-state index contributed by atoms with van der Waals surface area (Å²) in [6.07, 6.45) is 2.08. The van der Waals surface area contributed by atoms with Crippen LogP contribution in [0.25, 0.3) is 5.57 Å². The maximum absolute atomic E-state index is 14.8. The van der Waals surface area contributed by atoms with Crippen molar-refractivity contribution in [2.75, 3.05) is 17.3 Å². The molecule has 1 fully saturated rings. The second-order valence-electron chi connectivity index (χ2n) is 11.3. The average molecular weight is 555 g/mol. The molecule has 0 saturated carbocycles. The van der Waals surface area contributed by atoms with Crippen molar-refractivity contribution in [1.82, 2.24) is 0 Å². The number of Topliss-reactive ketones (excluding diaryl/α,β-unsaturated/α-hetero) is 2. The van der Waals surface area contributed by atoms with E-state index in [9.17, 15) is 14.4 Å². The number of methoxy groups -OCH3 is 1. The molecule has 3 heterocycles. The van der Waals surface area contributed by atoms with Crippen LogP contribution in [0.1, 0.15) is 44.3 Å². The summed E-state index contributed by atoms with van der Waals surface area (Å²) in [6.45, 7) is 4.07. The van der Waals surface area contributed by atoms with Crippen molar-refractivity contribution >= 4 is 34.4 Å². The van der Waals surface area contributed by atoms with Crippen LogP contribution in [0.3, 0.4) is 0 Å². The van der Waals surface area contributed by atoms with E-state index in [2.05, 4.69) is 17.5 Å². The Balaban J connectivity index is 1.56. The molecule has 42 heavy (non-hydrogen) atoms. The van der Waals surface area contributed by atoms with Crippen LogP contribution < -0.4 is 15.0 Å². The van der Waals surface area contributed by atoms with Crippen molar-refractivity contribution in [1.29, 1.82) is 0 Å². The topological polar surface area (TPSA) is 75.7 Å². The van der Waals surface area contributed by atoms with Gasteiger partial charge in [0.1, 0.15) is 17.2 Å². The number of amides is 1. The number of anilines is 2. The Morgan fingerprint density at radius 3 is 2.36 bits per heavy atom. The molecular weight excluding hydrogens is 524 g/mol. The maximum Gasteiger partial charge on any atom is 0.238 e. The molecule has 4 aromatic rings. The quantitative estimate of drug-likeness (QED) is 0.295. The van der Waals surface area contributed by atoms with E-state index in [1.165, 1.54) is 0 Å². The molecule has 0 aliphatic carbocycles. The Hall–Kier alpha value is -4.97. The predicted octanol–water partition coefficient (Wildman–Crippen LogP) is 6.25. The number of carbonyl (C=O) groups is 3. The van der Waals surface area contributed by atoms with Crippen molar-refractivity contribution in [3.8, 4) is 5.75 Å². The molecular formula is C36H30N2O4. The van der Waals surface area contributed by atoms with Gasteiger partial charge in [0, 0.05) is 28.1 Å². The van der Waals surface area contributed by atoms with Gasteiger partial charge >= 0.3 is 0 Å². The lowest BCUT2D eigenvalue weighted by Gasteiger charge is -2.39. The number of aryl methyl sites for hydroxylation is 1. The number of nitrogens with one attached hydrogen (secondary N) is 1. The second kappa shape index (κ2) is 9.55. The average Bonchev–Trinajstić information content (AvgIpc) is 3.49. The van der Waals surface area contributed by atoms with Crippen LogP contribution in [-0.2, 0) is 10.2 Å². The first-order valence-electron chi connectivity index (χ1n) is 14.1. The predicted molar refractivity (Wildman–Crippen MR) is 163 cm³/mol. The number of allylic oxidation sites excluding steroid dienone is 1. The van der Waals surface area contributed by atoms with Gasteiger partial charge in [-0.3, -0.25) is 14.4 Å². The summed E-state index contributed by atoms with van der Waals surface area (Å²) in [4.78, 5) is 46.2. The fourth-order valence-electron chi connectivity index (χ4n) is 7.28. The zero-order chi connectivity index (χ0) is 29.2. The lowest BCUT2D eigenvalue weighted by molar-refractivity contribution is -0.121. The number of benzene rings is 4. The first kappa shape index (κ1) is 26.0. The van der Waals surface area contributed by atoms with Crippen molar-refractivity contribution < 1.29 is 19.1 Å². The highest BCUT2D eigenvalue weighted by molar-refractivity contribution is 6.18. The molecule has 0 radical (unpaired) electrons. The summed E-state index contributed by atoms with van der Waals surface area (Å²) in [7, 11) is 1.56. The molecule has 4 aromatic carbocycles. The minimum absolute atomic E-state index is 0.235. The van der Waals surface area contributed by atoms with Gasteiger partial charge in [-0.15, -0.1) is 0 Å². The van der Waals surface area contributed by atoms with E-state index in [0.29, 0.717) is 22.6 Å². The molecule has 4 atom stereocenters. The number of fused-ring (bicyclic) bond motifs is 6. The van der Waals surface area contributed by atoms with Gasteiger partial charge in [0.05, 0.1) is 19.1 Å². The van der Waals surface area contributed by atoms with E-state index in [1.54, 1.807) is 43.5 Å². The number of ketones is 2. The van der Waals surface area contributed by atoms with Gasteiger partial charge in [0.25, 0.3) is 0 Å². The van der Waals surface area contributed by atoms with E-state index in [1.807, 2.05) is 73.3 Å². The molecule has 6 nitrogen and oxygen atoms in total. The zero-order valence-electron chi connectivity index (χ0n) is 23.6. The molecule has 6 heteroatoms. The summed E-state index contributed by atoms with van der Waals surface area (Å²) in [5, 5.41) is 3.09. The number of para-hydroxylation sites is 1. The van der Waals surface area contributed by atoms with Crippen LogP contribution in [0.2, 0.25) is 0 Å². The smallest absolute Gasteiger partial charge is 0.238 e. The lowest BCUT2D eigenvalue weighted by Crippen LogP contribution is -2.51. The van der Waals surface area contributed by atoms with Crippen molar-refractivity contribution in [2.45, 2.75) is 31.3 Å². The molecule has 7 rings (SSSR count). The van der Waals surface area contributed by atoms with Crippen LogP contribution in [0, 0.1) is 12.8 Å². The summed E-state index contributed by atoms with van der Waals surface area (Å²) < 4.78 is 5.45. The number of ether oxygens (including phenoxy) is 1. The molecule has 0 unspecified atom stereocenters. The fraction of sp³-hybridized carbons (Fsp3) is 0.194.